The van der Waals surface area contributed by atoms with Crippen LogP contribution in [0.2, 0.25) is 0 Å². The zero-order valence-corrected chi connectivity index (χ0v) is 12.9. The second-order valence-corrected chi connectivity index (χ2v) is 6.58. The van der Waals surface area contributed by atoms with Crippen LogP contribution in [-0.4, -0.2) is 51.7 Å². The first-order valence-electron chi connectivity index (χ1n) is 8.09. The molecule has 21 heavy (non-hydrogen) atoms. The van der Waals surface area contributed by atoms with E-state index in [1.54, 1.807) is 0 Å². The Morgan fingerprint density at radius 1 is 1.38 bits per heavy atom. The Morgan fingerprint density at radius 2 is 2.19 bits per heavy atom. The van der Waals surface area contributed by atoms with E-state index in [-0.39, 0.29) is 11.9 Å². The van der Waals surface area contributed by atoms with E-state index in [9.17, 15) is 4.79 Å². The molecule has 1 atom stereocenters. The van der Waals surface area contributed by atoms with Gasteiger partial charge in [-0.2, -0.15) is 0 Å². The molecule has 6 nitrogen and oxygen atoms in total. The minimum absolute atomic E-state index is 0.0428. The molecule has 0 aromatic carbocycles. The summed E-state index contributed by atoms with van der Waals surface area (Å²) < 4.78 is 0. The number of nitrogens with zero attached hydrogens (tertiary/aromatic N) is 3. The summed E-state index contributed by atoms with van der Waals surface area (Å²) in [7, 11) is 0. The van der Waals surface area contributed by atoms with Gasteiger partial charge >= 0.3 is 0 Å². The molecular formula is C15H25N5O. The molecule has 2 N–H and O–H groups in total. The molecule has 1 saturated carbocycles. The smallest absolute Gasteiger partial charge is 0.293 e. The fourth-order valence-electron chi connectivity index (χ4n) is 2.92. The van der Waals surface area contributed by atoms with E-state index in [0.29, 0.717) is 17.7 Å². The number of rotatable bonds is 5. The first-order valence-corrected chi connectivity index (χ1v) is 8.09. The maximum Gasteiger partial charge on any atom is 0.293 e. The van der Waals surface area contributed by atoms with Crippen LogP contribution in [0, 0.1) is 5.92 Å². The second kappa shape index (κ2) is 6.13. The molecule has 0 bridgehead atoms. The quantitative estimate of drug-likeness (QED) is 0.863. The molecule has 1 aromatic heterocycles. The monoisotopic (exact) mass is 291 g/mol. The summed E-state index contributed by atoms with van der Waals surface area (Å²) in [6, 6.07) is 0.169. The third-order valence-electron chi connectivity index (χ3n) is 4.40. The van der Waals surface area contributed by atoms with Crippen LogP contribution < -0.4 is 5.32 Å². The van der Waals surface area contributed by atoms with Crippen LogP contribution in [0.1, 0.15) is 61.9 Å². The molecule has 116 valence electrons. The van der Waals surface area contributed by atoms with E-state index < -0.39 is 0 Å². The van der Waals surface area contributed by atoms with Crippen molar-refractivity contribution >= 4 is 5.91 Å². The molecule has 6 heteroatoms. The standard InChI is InChI=1S/C15H25N5O/c1-10(2)20(9-11-4-3-7-16-8-11)15(21)14-17-13(18-19-14)12-5-6-12/h10-12,16H,3-9H2,1-2H3,(H,17,18,19). The van der Waals surface area contributed by atoms with E-state index >= 15 is 0 Å². The zero-order valence-electron chi connectivity index (χ0n) is 12.9. The van der Waals surface area contributed by atoms with E-state index in [1.807, 2.05) is 4.90 Å². The van der Waals surface area contributed by atoms with Gasteiger partial charge in [0.25, 0.3) is 5.91 Å². The van der Waals surface area contributed by atoms with E-state index in [1.165, 1.54) is 12.8 Å². The van der Waals surface area contributed by atoms with E-state index in [2.05, 4.69) is 34.3 Å². The summed E-state index contributed by atoms with van der Waals surface area (Å²) in [5.41, 5.74) is 0. The van der Waals surface area contributed by atoms with Crippen molar-refractivity contribution in [2.75, 3.05) is 19.6 Å². The van der Waals surface area contributed by atoms with Crippen molar-refractivity contribution in [3.8, 4) is 0 Å². The largest absolute Gasteiger partial charge is 0.333 e. The van der Waals surface area contributed by atoms with Crippen molar-refractivity contribution in [1.29, 1.82) is 0 Å². The number of aromatic amines is 1. The van der Waals surface area contributed by atoms with Crippen LogP contribution in [0.5, 0.6) is 0 Å². The van der Waals surface area contributed by atoms with Gasteiger partial charge in [-0.15, -0.1) is 5.10 Å². The molecule has 3 rings (SSSR count). The van der Waals surface area contributed by atoms with Gasteiger partial charge in [0.15, 0.2) is 0 Å². The maximum absolute atomic E-state index is 12.7. The van der Waals surface area contributed by atoms with Crippen molar-refractivity contribution in [2.24, 2.45) is 5.92 Å². The minimum atomic E-state index is -0.0428. The lowest BCUT2D eigenvalue weighted by Gasteiger charge is -2.32. The topological polar surface area (TPSA) is 73.9 Å². The second-order valence-electron chi connectivity index (χ2n) is 6.58. The first-order chi connectivity index (χ1) is 10.1. The third kappa shape index (κ3) is 3.43. The summed E-state index contributed by atoms with van der Waals surface area (Å²) in [5, 5.41) is 10.5. The number of carbonyl (C=O) groups excluding carboxylic acids is 1. The molecule has 0 radical (unpaired) electrons. The molecular weight excluding hydrogens is 266 g/mol. The molecule has 1 aliphatic heterocycles. The van der Waals surface area contributed by atoms with Gasteiger partial charge in [-0.25, -0.2) is 4.98 Å². The highest BCUT2D eigenvalue weighted by Gasteiger charge is 2.30. The summed E-state index contributed by atoms with van der Waals surface area (Å²) in [6.45, 7) is 7.00. The van der Waals surface area contributed by atoms with Crippen LogP contribution in [0.3, 0.4) is 0 Å². The zero-order chi connectivity index (χ0) is 14.8. The molecule has 2 fully saturated rings. The van der Waals surface area contributed by atoms with Crippen molar-refractivity contribution in [2.45, 2.75) is 51.5 Å². The van der Waals surface area contributed by atoms with Gasteiger partial charge in [0, 0.05) is 18.5 Å². The normalized spacial score (nSPS) is 22.5. The van der Waals surface area contributed by atoms with Crippen molar-refractivity contribution in [1.82, 2.24) is 25.4 Å². The van der Waals surface area contributed by atoms with Crippen LogP contribution >= 0.6 is 0 Å². The SMILES string of the molecule is CC(C)N(CC1CCCNC1)C(=O)c1n[nH]c(C2CC2)n1. The van der Waals surface area contributed by atoms with Gasteiger partial charge in [-0.1, -0.05) is 0 Å². The fraction of sp³-hybridized carbons (Fsp3) is 0.800. The Balaban J connectivity index is 1.67. The van der Waals surface area contributed by atoms with Crippen molar-refractivity contribution in [3.63, 3.8) is 0 Å². The first kappa shape index (κ1) is 14.5. The Hall–Kier alpha value is -1.43. The van der Waals surface area contributed by atoms with Crippen LogP contribution in [0.15, 0.2) is 0 Å². The highest BCUT2D eigenvalue weighted by Crippen LogP contribution is 2.37. The fourth-order valence-corrected chi connectivity index (χ4v) is 2.92. The molecule has 2 aliphatic rings. The molecule has 1 unspecified atom stereocenters. The van der Waals surface area contributed by atoms with Gasteiger partial charge in [0.1, 0.15) is 5.82 Å². The molecule has 1 aliphatic carbocycles. The average Bonchev–Trinajstić information content (AvgIpc) is 3.22. The van der Waals surface area contributed by atoms with E-state index in [4.69, 9.17) is 0 Å². The Morgan fingerprint density at radius 3 is 2.81 bits per heavy atom. The van der Waals surface area contributed by atoms with E-state index in [0.717, 1.165) is 38.3 Å². The highest BCUT2D eigenvalue weighted by molar-refractivity contribution is 5.90. The Labute approximate surface area is 125 Å². The highest BCUT2D eigenvalue weighted by atomic mass is 16.2. The molecule has 1 aromatic rings. The molecule has 2 heterocycles. The Bertz CT molecular complexity index is 488. The van der Waals surface area contributed by atoms with Gasteiger partial charge in [-0.3, -0.25) is 9.89 Å². The minimum Gasteiger partial charge on any atom is -0.333 e. The predicted molar refractivity (Wildman–Crippen MR) is 80.1 cm³/mol. The third-order valence-corrected chi connectivity index (χ3v) is 4.40. The molecule has 0 spiro atoms. The Kier molecular flexibility index (Phi) is 4.24. The summed E-state index contributed by atoms with van der Waals surface area (Å²) in [5.74, 6) is 2.19. The summed E-state index contributed by atoms with van der Waals surface area (Å²) >= 11 is 0. The molecule has 1 amide bonds. The van der Waals surface area contributed by atoms with Crippen LogP contribution in [0.4, 0.5) is 0 Å². The summed E-state index contributed by atoms with van der Waals surface area (Å²) in [6.07, 6.45) is 4.69. The van der Waals surface area contributed by atoms with Gasteiger partial charge < -0.3 is 10.2 Å². The summed E-state index contributed by atoms with van der Waals surface area (Å²) in [4.78, 5) is 19.0. The number of hydrogen-bond acceptors (Lipinski definition) is 4. The number of nitrogens with one attached hydrogen (secondary N) is 2. The lowest BCUT2D eigenvalue weighted by molar-refractivity contribution is 0.0648. The number of aromatic nitrogens is 3. The lowest BCUT2D eigenvalue weighted by atomic mass is 9.98. The number of hydrogen-bond donors (Lipinski definition) is 2. The number of carbonyl (C=O) groups is 1. The number of H-pyrrole nitrogens is 1. The maximum atomic E-state index is 12.7. The van der Waals surface area contributed by atoms with Crippen molar-refractivity contribution < 1.29 is 4.79 Å². The molecule has 1 saturated heterocycles. The van der Waals surface area contributed by atoms with Crippen LogP contribution in [0.25, 0.3) is 0 Å². The lowest BCUT2D eigenvalue weighted by Crippen LogP contribution is -2.44. The van der Waals surface area contributed by atoms with Crippen molar-refractivity contribution in [3.05, 3.63) is 11.6 Å². The average molecular weight is 291 g/mol. The number of amides is 1. The van der Waals surface area contributed by atoms with Gasteiger partial charge in [0.05, 0.1) is 0 Å². The van der Waals surface area contributed by atoms with Gasteiger partial charge in [-0.05, 0) is 58.5 Å². The predicted octanol–water partition coefficient (Wildman–Crippen LogP) is 1.53. The van der Waals surface area contributed by atoms with Gasteiger partial charge in [0.2, 0.25) is 5.82 Å². The number of piperidine rings is 1. The van der Waals surface area contributed by atoms with Crippen LogP contribution in [-0.2, 0) is 0 Å².